The topological polar surface area (TPSA) is 100 Å². The largest absolute Gasteiger partial charge is 0.409 e. The summed E-state index contributed by atoms with van der Waals surface area (Å²) in [6, 6.07) is 0.226. The number of carbonyl (C=O) groups excluding carboxylic acids is 1. The SMILES string of the molecule is COC(C)CCC(=O)NC1CCN(CC(N)=NO)CC1. The molecule has 0 spiro atoms. The third-order valence-electron chi connectivity index (χ3n) is 3.65. The van der Waals surface area contributed by atoms with Crippen molar-refractivity contribution >= 4 is 11.7 Å². The summed E-state index contributed by atoms with van der Waals surface area (Å²) in [5, 5.41) is 14.6. The fourth-order valence-electron chi connectivity index (χ4n) is 2.25. The molecule has 1 atom stereocenters. The molecule has 0 aromatic carbocycles. The maximum Gasteiger partial charge on any atom is 0.220 e. The van der Waals surface area contributed by atoms with Gasteiger partial charge in [0.25, 0.3) is 0 Å². The van der Waals surface area contributed by atoms with Gasteiger partial charge in [-0.1, -0.05) is 5.16 Å². The second-order valence-corrected chi connectivity index (χ2v) is 5.29. The first kappa shape index (κ1) is 16.7. The Morgan fingerprint density at radius 2 is 2.20 bits per heavy atom. The van der Waals surface area contributed by atoms with Crippen LogP contribution >= 0.6 is 0 Å². The fourth-order valence-corrected chi connectivity index (χ4v) is 2.25. The van der Waals surface area contributed by atoms with Gasteiger partial charge in [0.2, 0.25) is 5.91 Å². The number of piperidine rings is 1. The number of nitrogens with one attached hydrogen (secondary N) is 1. The highest BCUT2D eigenvalue weighted by atomic mass is 16.5. The lowest BCUT2D eigenvalue weighted by molar-refractivity contribution is -0.122. The number of oxime groups is 1. The highest BCUT2D eigenvalue weighted by molar-refractivity contribution is 5.81. The van der Waals surface area contributed by atoms with Crippen molar-refractivity contribution in [2.75, 3.05) is 26.7 Å². The minimum atomic E-state index is 0.0868. The lowest BCUT2D eigenvalue weighted by Crippen LogP contribution is -2.46. The van der Waals surface area contributed by atoms with Crippen LogP contribution in [0.3, 0.4) is 0 Å². The summed E-state index contributed by atoms with van der Waals surface area (Å²) >= 11 is 0. The summed E-state index contributed by atoms with van der Waals surface area (Å²) < 4.78 is 5.12. The normalized spacial score (nSPS) is 19.8. The Morgan fingerprint density at radius 3 is 2.75 bits per heavy atom. The van der Waals surface area contributed by atoms with Crippen LogP contribution in [-0.2, 0) is 9.53 Å². The van der Waals surface area contributed by atoms with E-state index in [0.717, 1.165) is 32.4 Å². The second-order valence-electron chi connectivity index (χ2n) is 5.29. The average Bonchev–Trinajstić information content (AvgIpc) is 2.46. The predicted molar refractivity (Wildman–Crippen MR) is 76.7 cm³/mol. The second kappa shape index (κ2) is 8.76. The predicted octanol–water partition coefficient (Wildman–Crippen LogP) is 0.129. The lowest BCUT2D eigenvalue weighted by atomic mass is 10.0. The third-order valence-corrected chi connectivity index (χ3v) is 3.65. The van der Waals surface area contributed by atoms with Crippen molar-refractivity contribution in [3.63, 3.8) is 0 Å². The molecule has 0 aliphatic carbocycles. The number of amides is 1. The van der Waals surface area contributed by atoms with E-state index in [1.54, 1.807) is 7.11 Å². The number of hydrogen-bond donors (Lipinski definition) is 3. The average molecular weight is 286 g/mol. The lowest BCUT2D eigenvalue weighted by Gasteiger charge is -2.31. The Bertz CT molecular complexity index is 328. The van der Waals surface area contributed by atoms with Crippen molar-refractivity contribution in [3.8, 4) is 0 Å². The monoisotopic (exact) mass is 286 g/mol. The van der Waals surface area contributed by atoms with Crippen molar-refractivity contribution in [1.82, 2.24) is 10.2 Å². The van der Waals surface area contributed by atoms with Crippen LogP contribution in [0, 0.1) is 0 Å². The molecule has 0 aromatic rings. The van der Waals surface area contributed by atoms with E-state index in [-0.39, 0.29) is 23.9 Å². The van der Waals surface area contributed by atoms with Crippen LogP contribution in [0.5, 0.6) is 0 Å². The van der Waals surface area contributed by atoms with Crippen LogP contribution in [0.4, 0.5) is 0 Å². The first-order chi connectivity index (χ1) is 9.55. The summed E-state index contributed by atoms with van der Waals surface area (Å²) in [4.78, 5) is 13.9. The highest BCUT2D eigenvalue weighted by Gasteiger charge is 2.21. The molecule has 1 saturated heterocycles. The van der Waals surface area contributed by atoms with Gasteiger partial charge in [0.05, 0.1) is 12.6 Å². The van der Waals surface area contributed by atoms with Gasteiger partial charge in [-0.15, -0.1) is 0 Å². The van der Waals surface area contributed by atoms with Crippen molar-refractivity contribution in [2.45, 2.75) is 44.8 Å². The summed E-state index contributed by atoms with van der Waals surface area (Å²) in [7, 11) is 1.65. The van der Waals surface area contributed by atoms with Crippen LogP contribution in [0.1, 0.15) is 32.6 Å². The molecular formula is C13H26N4O3. The van der Waals surface area contributed by atoms with Crippen LogP contribution in [0.15, 0.2) is 5.16 Å². The van der Waals surface area contributed by atoms with Crippen molar-refractivity contribution < 1.29 is 14.7 Å². The minimum absolute atomic E-state index is 0.0868. The molecular weight excluding hydrogens is 260 g/mol. The van der Waals surface area contributed by atoms with E-state index >= 15 is 0 Å². The number of rotatable bonds is 7. The number of nitrogens with zero attached hydrogens (tertiary/aromatic N) is 2. The van der Waals surface area contributed by atoms with Gasteiger partial charge < -0.3 is 21.0 Å². The molecule has 1 amide bonds. The Morgan fingerprint density at radius 1 is 1.55 bits per heavy atom. The van der Waals surface area contributed by atoms with Crippen LogP contribution in [0.25, 0.3) is 0 Å². The van der Waals surface area contributed by atoms with E-state index in [1.807, 2.05) is 6.92 Å². The third kappa shape index (κ3) is 6.21. The van der Waals surface area contributed by atoms with E-state index in [9.17, 15) is 4.79 Å². The summed E-state index contributed by atoms with van der Waals surface area (Å²) in [5.74, 6) is 0.310. The Labute approximate surface area is 120 Å². The first-order valence-electron chi connectivity index (χ1n) is 7.06. The summed E-state index contributed by atoms with van der Waals surface area (Å²) in [6.45, 7) is 4.12. The van der Waals surface area contributed by atoms with E-state index < -0.39 is 0 Å². The van der Waals surface area contributed by atoms with Crippen LogP contribution in [-0.4, -0.2) is 60.7 Å². The molecule has 7 nitrogen and oxygen atoms in total. The van der Waals surface area contributed by atoms with Gasteiger partial charge in [0.15, 0.2) is 5.84 Å². The molecule has 7 heteroatoms. The van der Waals surface area contributed by atoms with Gasteiger partial charge in [-0.25, -0.2) is 0 Å². The van der Waals surface area contributed by atoms with Crippen molar-refractivity contribution in [1.29, 1.82) is 0 Å². The summed E-state index contributed by atoms with van der Waals surface area (Å²) in [6.07, 6.45) is 3.14. The Kier molecular flexibility index (Phi) is 7.32. The maximum atomic E-state index is 11.8. The van der Waals surface area contributed by atoms with Gasteiger partial charge >= 0.3 is 0 Å². The first-order valence-corrected chi connectivity index (χ1v) is 7.06. The number of carbonyl (C=O) groups is 1. The van der Waals surface area contributed by atoms with Crippen molar-refractivity contribution in [3.05, 3.63) is 0 Å². The molecule has 0 bridgehead atoms. The summed E-state index contributed by atoms with van der Waals surface area (Å²) in [5.41, 5.74) is 5.48. The molecule has 1 aliphatic rings. The zero-order chi connectivity index (χ0) is 15.0. The highest BCUT2D eigenvalue weighted by Crippen LogP contribution is 2.10. The molecule has 20 heavy (non-hydrogen) atoms. The molecule has 1 heterocycles. The molecule has 1 fully saturated rings. The zero-order valence-corrected chi connectivity index (χ0v) is 12.3. The molecule has 0 aromatic heterocycles. The Hall–Kier alpha value is -1.34. The van der Waals surface area contributed by atoms with E-state index in [4.69, 9.17) is 15.7 Å². The van der Waals surface area contributed by atoms with Crippen LogP contribution < -0.4 is 11.1 Å². The fraction of sp³-hybridized carbons (Fsp3) is 0.846. The van der Waals surface area contributed by atoms with E-state index in [2.05, 4.69) is 15.4 Å². The number of methoxy groups -OCH3 is 1. The number of hydrogen-bond acceptors (Lipinski definition) is 5. The smallest absolute Gasteiger partial charge is 0.220 e. The number of amidine groups is 1. The van der Waals surface area contributed by atoms with Crippen molar-refractivity contribution in [2.24, 2.45) is 10.9 Å². The number of ether oxygens (including phenoxy) is 1. The number of likely N-dealkylation sites (tertiary alicyclic amines) is 1. The minimum Gasteiger partial charge on any atom is -0.409 e. The van der Waals surface area contributed by atoms with Crippen LogP contribution in [0.2, 0.25) is 0 Å². The van der Waals surface area contributed by atoms with Gasteiger partial charge in [-0.05, 0) is 26.2 Å². The maximum absolute atomic E-state index is 11.8. The quantitative estimate of drug-likeness (QED) is 0.267. The van der Waals surface area contributed by atoms with Gasteiger partial charge in [-0.3, -0.25) is 9.69 Å². The Balaban J connectivity index is 2.20. The van der Waals surface area contributed by atoms with Gasteiger partial charge in [0, 0.05) is 32.7 Å². The molecule has 0 radical (unpaired) electrons. The van der Waals surface area contributed by atoms with E-state index in [1.165, 1.54) is 0 Å². The molecule has 1 aliphatic heterocycles. The molecule has 0 saturated carbocycles. The molecule has 1 rings (SSSR count). The van der Waals surface area contributed by atoms with Gasteiger partial charge in [-0.2, -0.15) is 0 Å². The molecule has 1 unspecified atom stereocenters. The van der Waals surface area contributed by atoms with Gasteiger partial charge in [0.1, 0.15) is 0 Å². The zero-order valence-electron chi connectivity index (χ0n) is 12.3. The number of nitrogens with two attached hydrogens (primary N) is 1. The molecule has 4 N–H and O–H groups in total. The molecule has 116 valence electrons. The van der Waals surface area contributed by atoms with E-state index in [0.29, 0.717) is 13.0 Å². The standard InChI is InChI=1S/C13H26N4O3/c1-10(20-2)3-4-13(18)15-11-5-7-17(8-6-11)9-12(14)16-19/h10-11,19H,3-9H2,1-2H3,(H2,14,16)(H,15,18).